The monoisotopic (exact) mass is 392 g/mol. The molecular formula is C17H17FN4O2S2. The second-order valence-corrected chi connectivity index (χ2v) is 6.72. The molecule has 0 bridgehead atoms. The van der Waals surface area contributed by atoms with E-state index in [1.54, 1.807) is 23.5 Å². The number of hydrogen-bond acceptors (Lipinski definition) is 5. The van der Waals surface area contributed by atoms with E-state index in [0.717, 1.165) is 10.7 Å². The van der Waals surface area contributed by atoms with Crippen molar-refractivity contribution >= 4 is 29.5 Å². The van der Waals surface area contributed by atoms with Gasteiger partial charge >= 0.3 is 0 Å². The zero-order chi connectivity index (χ0) is 18.4. The number of rotatable bonds is 8. The predicted octanol–water partition coefficient (Wildman–Crippen LogP) is 3.39. The number of ether oxygens (including phenoxy) is 1. The van der Waals surface area contributed by atoms with Crippen LogP contribution in [-0.2, 0) is 11.3 Å². The maximum Gasteiger partial charge on any atom is 0.221 e. The lowest BCUT2D eigenvalue weighted by atomic mass is 10.3. The van der Waals surface area contributed by atoms with Crippen LogP contribution < -0.4 is 10.1 Å². The Morgan fingerprint density at radius 1 is 1.38 bits per heavy atom. The second-order valence-electron chi connectivity index (χ2n) is 5.39. The molecule has 1 amide bonds. The molecule has 0 spiro atoms. The zero-order valence-corrected chi connectivity index (χ0v) is 15.4. The number of halogens is 1. The largest absolute Gasteiger partial charge is 0.492 e. The van der Waals surface area contributed by atoms with Crippen molar-refractivity contribution in [3.8, 4) is 16.5 Å². The van der Waals surface area contributed by atoms with E-state index in [0.29, 0.717) is 23.6 Å². The Bertz CT molecular complexity index is 921. The summed E-state index contributed by atoms with van der Waals surface area (Å²) < 4.78 is 20.7. The van der Waals surface area contributed by atoms with Crippen LogP contribution in [0.25, 0.3) is 10.7 Å². The van der Waals surface area contributed by atoms with Crippen LogP contribution in [0.15, 0.2) is 41.8 Å². The van der Waals surface area contributed by atoms with Crippen LogP contribution in [0, 0.1) is 10.6 Å². The van der Waals surface area contributed by atoms with Gasteiger partial charge in [0.05, 0.1) is 11.4 Å². The molecule has 3 aromatic rings. The van der Waals surface area contributed by atoms with E-state index >= 15 is 0 Å². The highest BCUT2D eigenvalue weighted by atomic mass is 32.1. The molecule has 0 radical (unpaired) electrons. The average molecular weight is 392 g/mol. The zero-order valence-electron chi connectivity index (χ0n) is 13.8. The van der Waals surface area contributed by atoms with Crippen LogP contribution >= 0.6 is 23.6 Å². The first kappa shape index (κ1) is 18.3. The number of hydrogen-bond donors (Lipinski definition) is 2. The highest BCUT2D eigenvalue weighted by Gasteiger charge is 2.11. The van der Waals surface area contributed by atoms with Crippen molar-refractivity contribution in [2.24, 2.45) is 0 Å². The van der Waals surface area contributed by atoms with Crippen molar-refractivity contribution in [1.82, 2.24) is 20.1 Å². The molecule has 9 heteroatoms. The molecule has 0 aliphatic carbocycles. The smallest absolute Gasteiger partial charge is 0.221 e. The first-order valence-corrected chi connectivity index (χ1v) is 9.26. The molecule has 0 atom stereocenters. The lowest BCUT2D eigenvalue weighted by Gasteiger charge is -2.09. The molecular weight excluding hydrogens is 375 g/mol. The summed E-state index contributed by atoms with van der Waals surface area (Å²) in [5.74, 6) is 0.690. The summed E-state index contributed by atoms with van der Waals surface area (Å²) in [5.41, 5.74) is 0. The van der Waals surface area contributed by atoms with Crippen LogP contribution in [0.3, 0.4) is 0 Å². The van der Waals surface area contributed by atoms with E-state index in [-0.39, 0.29) is 24.8 Å². The summed E-state index contributed by atoms with van der Waals surface area (Å²) >= 11 is 6.80. The van der Waals surface area contributed by atoms with Crippen molar-refractivity contribution < 1.29 is 13.9 Å². The number of H-pyrrole nitrogens is 1. The molecule has 136 valence electrons. The van der Waals surface area contributed by atoms with Gasteiger partial charge in [-0.2, -0.15) is 5.10 Å². The van der Waals surface area contributed by atoms with Gasteiger partial charge in [0.25, 0.3) is 0 Å². The highest BCUT2D eigenvalue weighted by molar-refractivity contribution is 7.71. The number of benzene rings is 1. The van der Waals surface area contributed by atoms with Crippen LogP contribution in [0.2, 0.25) is 0 Å². The number of carbonyl (C=O) groups excluding carboxylic acids is 1. The Labute approximate surface area is 158 Å². The van der Waals surface area contributed by atoms with E-state index in [1.165, 1.54) is 12.1 Å². The minimum atomic E-state index is -0.357. The lowest BCUT2D eigenvalue weighted by Crippen LogP contribution is -2.28. The molecule has 6 nitrogen and oxygen atoms in total. The molecule has 1 aromatic carbocycles. The van der Waals surface area contributed by atoms with E-state index < -0.39 is 0 Å². The molecule has 0 aliphatic heterocycles. The molecule has 2 aromatic heterocycles. The number of nitrogens with one attached hydrogen (secondary N) is 2. The molecule has 0 saturated carbocycles. The molecule has 0 saturated heterocycles. The van der Waals surface area contributed by atoms with Gasteiger partial charge in [-0.25, -0.2) is 4.39 Å². The average Bonchev–Trinajstić information content (AvgIpc) is 3.26. The van der Waals surface area contributed by atoms with E-state index in [1.807, 2.05) is 22.1 Å². The van der Waals surface area contributed by atoms with Crippen LogP contribution in [0.4, 0.5) is 4.39 Å². The number of aromatic amines is 1. The highest BCUT2D eigenvalue weighted by Crippen LogP contribution is 2.22. The molecule has 3 rings (SSSR count). The Hall–Kier alpha value is -2.52. The number of aromatic nitrogens is 3. The number of nitrogens with zero attached hydrogens (tertiary/aromatic N) is 2. The number of carbonyl (C=O) groups is 1. The van der Waals surface area contributed by atoms with Crippen molar-refractivity contribution in [1.29, 1.82) is 0 Å². The standard InChI is InChI=1S/C17H17FN4O2S2/c18-12-3-1-4-13(11-12)24-9-7-19-15(23)6-8-22-16(20-21-17(22)25)14-5-2-10-26-14/h1-5,10-11H,6-9H2,(H,19,23)(H,21,25). The van der Waals surface area contributed by atoms with Crippen LogP contribution in [0.5, 0.6) is 5.75 Å². The van der Waals surface area contributed by atoms with Crippen molar-refractivity contribution in [2.75, 3.05) is 13.2 Å². The third kappa shape index (κ3) is 4.77. The van der Waals surface area contributed by atoms with E-state index in [4.69, 9.17) is 17.0 Å². The van der Waals surface area contributed by atoms with Gasteiger partial charge in [-0.05, 0) is 35.8 Å². The van der Waals surface area contributed by atoms with Crippen molar-refractivity contribution in [2.45, 2.75) is 13.0 Å². The SMILES string of the molecule is O=C(CCn1c(-c2cccs2)n[nH]c1=S)NCCOc1cccc(F)c1. The van der Waals surface area contributed by atoms with E-state index in [9.17, 15) is 9.18 Å². The van der Waals surface area contributed by atoms with Gasteiger partial charge in [-0.1, -0.05) is 12.1 Å². The summed E-state index contributed by atoms with van der Waals surface area (Å²) in [5, 5.41) is 11.7. The van der Waals surface area contributed by atoms with Gasteiger partial charge in [-0.3, -0.25) is 14.5 Å². The van der Waals surface area contributed by atoms with Gasteiger partial charge in [-0.15, -0.1) is 11.3 Å². The lowest BCUT2D eigenvalue weighted by molar-refractivity contribution is -0.121. The maximum absolute atomic E-state index is 13.0. The van der Waals surface area contributed by atoms with Gasteiger partial charge < -0.3 is 10.1 Å². The first-order chi connectivity index (χ1) is 12.6. The Balaban J connectivity index is 1.45. The molecule has 0 aliphatic rings. The molecule has 2 heterocycles. The molecule has 0 fully saturated rings. The first-order valence-electron chi connectivity index (χ1n) is 7.97. The fourth-order valence-electron chi connectivity index (χ4n) is 2.34. The Morgan fingerprint density at radius 2 is 2.27 bits per heavy atom. The summed E-state index contributed by atoms with van der Waals surface area (Å²) in [6, 6.07) is 9.78. The topological polar surface area (TPSA) is 71.9 Å². The van der Waals surface area contributed by atoms with Crippen molar-refractivity contribution in [3.63, 3.8) is 0 Å². The fraction of sp³-hybridized carbons (Fsp3) is 0.235. The maximum atomic E-state index is 13.0. The van der Waals surface area contributed by atoms with Gasteiger partial charge in [0.1, 0.15) is 18.2 Å². The second kappa shape index (κ2) is 8.72. The van der Waals surface area contributed by atoms with Gasteiger partial charge in [0.15, 0.2) is 10.6 Å². The third-order valence-electron chi connectivity index (χ3n) is 3.55. The predicted molar refractivity (Wildman–Crippen MR) is 100 cm³/mol. The van der Waals surface area contributed by atoms with Gasteiger partial charge in [0.2, 0.25) is 5.91 Å². The number of thiophene rings is 1. The Kier molecular flexibility index (Phi) is 6.13. The molecule has 2 N–H and O–H groups in total. The fourth-order valence-corrected chi connectivity index (χ4v) is 3.28. The van der Waals surface area contributed by atoms with Crippen LogP contribution in [-0.4, -0.2) is 33.8 Å². The van der Waals surface area contributed by atoms with Crippen LogP contribution in [0.1, 0.15) is 6.42 Å². The molecule has 0 unspecified atom stereocenters. The third-order valence-corrected chi connectivity index (χ3v) is 4.73. The minimum absolute atomic E-state index is 0.118. The summed E-state index contributed by atoms with van der Waals surface area (Å²) in [7, 11) is 0. The van der Waals surface area contributed by atoms with Gasteiger partial charge in [0, 0.05) is 19.0 Å². The normalized spacial score (nSPS) is 10.7. The van der Waals surface area contributed by atoms with Crippen molar-refractivity contribution in [3.05, 3.63) is 52.4 Å². The van der Waals surface area contributed by atoms with E-state index in [2.05, 4.69) is 15.5 Å². The summed E-state index contributed by atoms with van der Waals surface area (Å²) in [6.45, 7) is 1.03. The summed E-state index contributed by atoms with van der Waals surface area (Å²) in [6.07, 6.45) is 0.270. The number of amides is 1. The minimum Gasteiger partial charge on any atom is -0.492 e. The quantitative estimate of drug-likeness (QED) is 0.455. The molecule has 26 heavy (non-hydrogen) atoms. The Morgan fingerprint density at radius 3 is 3.04 bits per heavy atom. The summed E-state index contributed by atoms with van der Waals surface area (Å²) in [4.78, 5) is 13.0.